The fraction of sp³-hybridized carbons (Fsp3) is 0.167. The quantitative estimate of drug-likeness (QED) is 0.721. The minimum absolute atomic E-state index is 0.294. The summed E-state index contributed by atoms with van der Waals surface area (Å²) in [7, 11) is 1.92. The monoisotopic (exact) mass is 262 g/mol. The van der Waals surface area contributed by atoms with E-state index in [-0.39, 0.29) is 5.82 Å². The molecule has 2 aromatic heterocycles. The predicted molar refractivity (Wildman–Crippen MR) is 69.4 cm³/mol. The molecule has 1 N–H and O–H groups in total. The normalized spacial score (nSPS) is 11.2. The number of benzene rings is 1. The molecule has 92 valence electrons. The van der Waals surface area contributed by atoms with E-state index in [2.05, 4.69) is 9.97 Å². The van der Waals surface area contributed by atoms with Gasteiger partial charge in [-0.3, -0.25) is 0 Å². The standard InChI is InChI=1S/C12H11FN4S/c1-16-6-5-14-10(16)7-17-9-4-2-3-8(13)11(9)15-12(17)18/h2-6H,7H2,1H3,(H,15,18). The lowest BCUT2D eigenvalue weighted by molar-refractivity contribution is 0.637. The summed E-state index contributed by atoms with van der Waals surface area (Å²) in [6.45, 7) is 0.520. The second kappa shape index (κ2) is 4.06. The number of hydrogen-bond acceptors (Lipinski definition) is 2. The molecule has 0 saturated heterocycles. The number of halogens is 1. The number of H-pyrrole nitrogens is 1. The summed E-state index contributed by atoms with van der Waals surface area (Å²) in [4.78, 5) is 7.14. The van der Waals surface area contributed by atoms with Crippen LogP contribution in [0.3, 0.4) is 0 Å². The number of imidazole rings is 2. The van der Waals surface area contributed by atoms with Crippen LogP contribution < -0.4 is 0 Å². The van der Waals surface area contributed by atoms with E-state index in [9.17, 15) is 4.39 Å². The van der Waals surface area contributed by atoms with Gasteiger partial charge in [0.15, 0.2) is 4.77 Å². The number of nitrogens with zero attached hydrogens (tertiary/aromatic N) is 3. The van der Waals surface area contributed by atoms with Crippen LogP contribution in [0.4, 0.5) is 4.39 Å². The Kier molecular flexibility index (Phi) is 2.52. The lowest BCUT2D eigenvalue weighted by atomic mass is 10.3. The highest BCUT2D eigenvalue weighted by molar-refractivity contribution is 7.71. The van der Waals surface area contributed by atoms with Gasteiger partial charge in [0, 0.05) is 19.4 Å². The molecule has 1 aromatic carbocycles. The largest absolute Gasteiger partial charge is 0.337 e. The molecule has 0 atom stereocenters. The minimum atomic E-state index is -0.294. The van der Waals surface area contributed by atoms with Crippen LogP contribution in [0.15, 0.2) is 30.6 Å². The third-order valence-corrected chi connectivity index (χ3v) is 3.30. The van der Waals surface area contributed by atoms with Crippen molar-refractivity contribution in [3.05, 3.63) is 47.0 Å². The van der Waals surface area contributed by atoms with E-state index in [1.807, 2.05) is 28.4 Å². The summed E-state index contributed by atoms with van der Waals surface area (Å²) >= 11 is 5.23. The van der Waals surface area contributed by atoms with Crippen LogP contribution in [0.2, 0.25) is 0 Å². The molecular weight excluding hydrogens is 251 g/mol. The molecule has 0 radical (unpaired) electrons. The summed E-state index contributed by atoms with van der Waals surface area (Å²) in [6, 6.07) is 4.93. The molecule has 0 saturated carbocycles. The van der Waals surface area contributed by atoms with E-state index in [1.165, 1.54) is 6.07 Å². The van der Waals surface area contributed by atoms with E-state index in [0.717, 1.165) is 11.3 Å². The van der Waals surface area contributed by atoms with Crippen LogP contribution in [0.1, 0.15) is 5.82 Å². The van der Waals surface area contributed by atoms with Crippen LogP contribution in [0.5, 0.6) is 0 Å². The Bertz CT molecular complexity index is 768. The molecule has 4 nitrogen and oxygen atoms in total. The van der Waals surface area contributed by atoms with E-state index < -0.39 is 0 Å². The van der Waals surface area contributed by atoms with Crippen LogP contribution >= 0.6 is 12.2 Å². The number of aromatic nitrogens is 4. The van der Waals surface area contributed by atoms with Crippen molar-refractivity contribution in [2.45, 2.75) is 6.54 Å². The number of nitrogens with one attached hydrogen (secondary N) is 1. The van der Waals surface area contributed by atoms with Crippen molar-refractivity contribution in [2.75, 3.05) is 0 Å². The second-order valence-electron chi connectivity index (χ2n) is 4.10. The van der Waals surface area contributed by atoms with Crippen molar-refractivity contribution in [3.8, 4) is 0 Å². The third-order valence-electron chi connectivity index (χ3n) is 2.98. The lowest BCUT2D eigenvalue weighted by Gasteiger charge is -2.04. The molecule has 18 heavy (non-hydrogen) atoms. The number of rotatable bonds is 2. The summed E-state index contributed by atoms with van der Waals surface area (Å²) in [6.07, 6.45) is 3.60. The van der Waals surface area contributed by atoms with Gasteiger partial charge in [-0.15, -0.1) is 0 Å². The molecule has 2 heterocycles. The van der Waals surface area contributed by atoms with Gasteiger partial charge < -0.3 is 14.1 Å². The van der Waals surface area contributed by atoms with Crippen LogP contribution in [-0.2, 0) is 13.6 Å². The lowest BCUT2D eigenvalue weighted by Crippen LogP contribution is -2.05. The van der Waals surface area contributed by atoms with E-state index in [4.69, 9.17) is 12.2 Å². The highest BCUT2D eigenvalue weighted by Crippen LogP contribution is 2.18. The molecule has 0 spiro atoms. The second-order valence-corrected chi connectivity index (χ2v) is 4.49. The molecule has 0 aliphatic heterocycles. The molecule has 0 unspecified atom stereocenters. The Morgan fingerprint density at radius 2 is 2.28 bits per heavy atom. The fourth-order valence-corrected chi connectivity index (χ4v) is 2.26. The van der Waals surface area contributed by atoms with Gasteiger partial charge in [0.2, 0.25) is 0 Å². The zero-order chi connectivity index (χ0) is 12.7. The number of para-hydroxylation sites is 1. The van der Waals surface area contributed by atoms with Gasteiger partial charge in [-0.25, -0.2) is 9.37 Å². The number of aromatic amines is 1. The molecule has 3 aromatic rings. The molecular formula is C12H11FN4S. The summed E-state index contributed by atoms with van der Waals surface area (Å²) in [5.74, 6) is 0.577. The Hall–Kier alpha value is -1.95. The smallest absolute Gasteiger partial charge is 0.178 e. The Labute approximate surface area is 108 Å². The highest BCUT2D eigenvalue weighted by Gasteiger charge is 2.10. The first kappa shape index (κ1) is 11.2. The molecule has 6 heteroatoms. The first-order chi connectivity index (χ1) is 8.66. The third kappa shape index (κ3) is 1.65. The Balaban J connectivity index is 2.18. The van der Waals surface area contributed by atoms with Crippen LogP contribution in [0, 0.1) is 10.6 Å². The van der Waals surface area contributed by atoms with Crippen LogP contribution in [-0.4, -0.2) is 19.1 Å². The van der Waals surface area contributed by atoms with Crippen molar-refractivity contribution in [2.24, 2.45) is 7.05 Å². The maximum Gasteiger partial charge on any atom is 0.178 e. The summed E-state index contributed by atoms with van der Waals surface area (Å²) in [5.41, 5.74) is 1.19. The van der Waals surface area contributed by atoms with Gasteiger partial charge in [0.25, 0.3) is 0 Å². The predicted octanol–water partition coefficient (Wildman–Crippen LogP) is 2.62. The molecule has 0 fully saturated rings. The maximum atomic E-state index is 13.6. The van der Waals surface area contributed by atoms with Gasteiger partial charge in [-0.2, -0.15) is 0 Å². The fourth-order valence-electron chi connectivity index (χ4n) is 1.99. The van der Waals surface area contributed by atoms with Crippen molar-refractivity contribution in [1.82, 2.24) is 19.1 Å². The molecule has 0 bridgehead atoms. The van der Waals surface area contributed by atoms with Gasteiger partial charge >= 0.3 is 0 Å². The van der Waals surface area contributed by atoms with Gasteiger partial charge in [0.1, 0.15) is 17.2 Å². The zero-order valence-electron chi connectivity index (χ0n) is 9.72. The Morgan fingerprint density at radius 3 is 3.00 bits per heavy atom. The first-order valence-corrected chi connectivity index (χ1v) is 5.91. The zero-order valence-corrected chi connectivity index (χ0v) is 10.5. The van der Waals surface area contributed by atoms with Crippen molar-refractivity contribution in [1.29, 1.82) is 0 Å². The van der Waals surface area contributed by atoms with Gasteiger partial charge in [-0.1, -0.05) is 6.07 Å². The average molecular weight is 262 g/mol. The van der Waals surface area contributed by atoms with Crippen LogP contribution in [0.25, 0.3) is 11.0 Å². The Morgan fingerprint density at radius 1 is 1.44 bits per heavy atom. The highest BCUT2D eigenvalue weighted by atomic mass is 32.1. The molecule has 0 aliphatic rings. The van der Waals surface area contributed by atoms with Crippen molar-refractivity contribution in [3.63, 3.8) is 0 Å². The first-order valence-electron chi connectivity index (χ1n) is 5.50. The molecule has 0 amide bonds. The maximum absolute atomic E-state index is 13.6. The van der Waals surface area contributed by atoms with E-state index in [0.29, 0.717) is 16.8 Å². The SMILES string of the molecule is Cn1ccnc1Cn1c(=S)[nH]c2c(F)cccc21. The topological polar surface area (TPSA) is 38.5 Å². The number of fused-ring (bicyclic) bond motifs is 1. The van der Waals surface area contributed by atoms with Gasteiger partial charge in [0.05, 0.1) is 12.1 Å². The summed E-state index contributed by atoms with van der Waals surface area (Å²) < 4.78 is 17.9. The number of hydrogen-bond donors (Lipinski definition) is 1. The minimum Gasteiger partial charge on any atom is -0.337 e. The van der Waals surface area contributed by atoms with E-state index >= 15 is 0 Å². The number of aryl methyl sites for hydroxylation is 1. The van der Waals surface area contributed by atoms with Crippen molar-refractivity contribution >= 4 is 23.3 Å². The molecule has 0 aliphatic carbocycles. The summed E-state index contributed by atoms with van der Waals surface area (Å²) in [5, 5.41) is 0. The molecule has 3 rings (SSSR count). The van der Waals surface area contributed by atoms with Gasteiger partial charge in [-0.05, 0) is 24.4 Å². The average Bonchev–Trinajstić information content (AvgIpc) is 2.87. The van der Waals surface area contributed by atoms with E-state index in [1.54, 1.807) is 12.3 Å². The van der Waals surface area contributed by atoms with Crippen molar-refractivity contribution < 1.29 is 4.39 Å².